The SMILES string of the molecule is Cc1nocc1CCC(=O)NCCC(=O)O. The summed E-state index contributed by atoms with van der Waals surface area (Å²) in [4.78, 5) is 21.5. The van der Waals surface area contributed by atoms with Crippen LogP contribution in [0.4, 0.5) is 0 Å². The van der Waals surface area contributed by atoms with E-state index in [0.717, 1.165) is 11.3 Å². The minimum absolute atomic E-state index is 0.0575. The molecule has 6 heteroatoms. The second-order valence-corrected chi connectivity index (χ2v) is 3.42. The first-order valence-corrected chi connectivity index (χ1v) is 4.98. The molecule has 1 rings (SSSR count). The van der Waals surface area contributed by atoms with E-state index < -0.39 is 5.97 Å². The molecular weight excluding hydrogens is 212 g/mol. The van der Waals surface area contributed by atoms with Gasteiger partial charge >= 0.3 is 5.97 Å². The summed E-state index contributed by atoms with van der Waals surface area (Å²) in [5.41, 5.74) is 1.67. The van der Waals surface area contributed by atoms with E-state index in [1.54, 1.807) is 6.92 Å². The van der Waals surface area contributed by atoms with Gasteiger partial charge < -0.3 is 14.9 Å². The number of carbonyl (C=O) groups is 2. The van der Waals surface area contributed by atoms with Crippen molar-refractivity contribution < 1.29 is 19.2 Å². The van der Waals surface area contributed by atoms with Crippen molar-refractivity contribution in [2.45, 2.75) is 26.2 Å². The number of aromatic nitrogens is 1. The molecule has 1 heterocycles. The molecule has 0 aliphatic carbocycles. The molecule has 1 aromatic rings. The predicted octanol–water partition coefficient (Wildman–Crippen LogP) is 0.507. The van der Waals surface area contributed by atoms with Crippen LogP contribution in [0.1, 0.15) is 24.1 Å². The van der Waals surface area contributed by atoms with Gasteiger partial charge in [0.15, 0.2) is 0 Å². The Kier molecular flexibility index (Phi) is 4.50. The molecule has 88 valence electrons. The lowest BCUT2D eigenvalue weighted by Gasteiger charge is -2.02. The fraction of sp³-hybridized carbons (Fsp3) is 0.500. The zero-order valence-electron chi connectivity index (χ0n) is 9.02. The minimum atomic E-state index is -0.921. The fourth-order valence-corrected chi connectivity index (χ4v) is 1.20. The third-order valence-corrected chi connectivity index (χ3v) is 2.13. The van der Waals surface area contributed by atoms with Gasteiger partial charge in [0.2, 0.25) is 5.91 Å². The van der Waals surface area contributed by atoms with Crippen molar-refractivity contribution in [3.8, 4) is 0 Å². The number of hydrogen-bond acceptors (Lipinski definition) is 4. The number of aliphatic carboxylic acids is 1. The van der Waals surface area contributed by atoms with Crippen LogP contribution in [0.3, 0.4) is 0 Å². The quantitative estimate of drug-likeness (QED) is 0.737. The molecule has 0 spiro atoms. The molecule has 0 atom stereocenters. The zero-order valence-corrected chi connectivity index (χ0v) is 9.02. The minimum Gasteiger partial charge on any atom is -0.481 e. The largest absolute Gasteiger partial charge is 0.481 e. The van der Waals surface area contributed by atoms with E-state index in [2.05, 4.69) is 10.5 Å². The van der Waals surface area contributed by atoms with Crippen molar-refractivity contribution in [2.24, 2.45) is 0 Å². The van der Waals surface area contributed by atoms with Gasteiger partial charge in [-0.25, -0.2) is 0 Å². The Morgan fingerprint density at radius 3 is 2.81 bits per heavy atom. The Morgan fingerprint density at radius 2 is 2.25 bits per heavy atom. The van der Waals surface area contributed by atoms with Gasteiger partial charge in [-0.1, -0.05) is 5.16 Å². The van der Waals surface area contributed by atoms with Crippen molar-refractivity contribution in [3.05, 3.63) is 17.5 Å². The lowest BCUT2D eigenvalue weighted by Crippen LogP contribution is -2.26. The normalized spacial score (nSPS) is 10.1. The Labute approximate surface area is 92.6 Å². The summed E-state index contributed by atoms with van der Waals surface area (Å²) in [6.07, 6.45) is 2.31. The molecule has 0 bridgehead atoms. The number of rotatable bonds is 6. The highest BCUT2D eigenvalue weighted by molar-refractivity contribution is 5.77. The van der Waals surface area contributed by atoms with Gasteiger partial charge in [0.25, 0.3) is 0 Å². The van der Waals surface area contributed by atoms with Gasteiger partial charge in [-0.05, 0) is 13.3 Å². The summed E-state index contributed by atoms with van der Waals surface area (Å²) >= 11 is 0. The van der Waals surface area contributed by atoms with Crippen LogP contribution in [0.5, 0.6) is 0 Å². The molecule has 0 saturated carbocycles. The fourth-order valence-electron chi connectivity index (χ4n) is 1.20. The summed E-state index contributed by atoms with van der Waals surface area (Å²) < 4.78 is 4.73. The van der Waals surface area contributed by atoms with Gasteiger partial charge in [-0.2, -0.15) is 0 Å². The average Bonchev–Trinajstić information content (AvgIpc) is 2.60. The van der Waals surface area contributed by atoms with Crippen molar-refractivity contribution in [1.29, 1.82) is 0 Å². The van der Waals surface area contributed by atoms with Crippen LogP contribution in [0.15, 0.2) is 10.8 Å². The second kappa shape index (κ2) is 5.89. The van der Waals surface area contributed by atoms with Crippen molar-refractivity contribution in [1.82, 2.24) is 10.5 Å². The Morgan fingerprint density at radius 1 is 1.50 bits per heavy atom. The van der Waals surface area contributed by atoms with E-state index in [1.807, 2.05) is 0 Å². The molecular formula is C10H14N2O4. The Balaban J connectivity index is 2.20. The highest BCUT2D eigenvalue weighted by Crippen LogP contribution is 2.07. The first kappa shape index (κ1) is 12.2. The number of aryl methyl sites for hydroxylation is 2. The lowest BCUT2D eigenvalue weighted by molar-refractivity contribution is -0.136. The number of nitrogens with one attached hydrogen (secondary N) is 1. The van der Waals surface area contributed by atoms with E-state index in [4.69, 9.17) is 9.63 Å². The molecule has 16 heavy (non-hydrogen) atoms. The monoisotopic (exact) mass is 226 g/mol. The topological polar surface area (TPSA) is 92.4 Å². The third-order valence-electron chi connectivity index (χ3n) is 2.13. The maximum Gasteiger partial charge on any atom is 0.305 e. The van der Waals surface area contributed by atoms with E-state index in [9.17, 15) is 9.59 Å². The summed E-state index contributed by atoms with van der Waals surface area (Å²) in [7, 11) is 0. The van der Waals surface area contributed by atoms with Crippen LogP contribution < -0.4 is 5.32 Å². The maximum atomic E-state index is 11.3. The molecule has 0 aliphatic heterocycles. The molecule has 0 radical (unpaired) electrons. The van der Waals surface area contributed by atoms with Crippen LogP contribution >= 0.6 is 0 Å². The number of hydrogen-bond donors (Lipinski definition) is 2. The average molecular weight is 226 g/mol. The van der Waals surface area contributed by atoms with Gasteiger partial charge in [0.05, 0.1) is 12.1 Å². The van der Waals surface area contributed by atoms with Gasteiger partial charge in [-0.15, -0.1) is 0 Å². The Hall–Kier alpha value is -1.85. The van der Waals surface area contributed by atoms with Gasteiger partial charge in [-0.3, -0.25) is 9.59 Å². The number of nitrogens with zero attached hydrogens (tertiary/aromatic N) is 1. The molecule has 1 amide bonds. The standard InChI is InChI=1S/C10H14N2O4/c1-7-8(6-16-12-7)2-3-9(13)11-5-4-10(14)15/h6H,2-5H2,1H3,(H,11,13)(H,14,15). The molecule has 1 aromatic heterocycles. The second-order valence-electron chi connectivity index (χ2n) is 3.42. The lowest BCUT2D eigenvalue weighted by atomic mass is 10.1. The zero-order chi connectivity index (χ0) is 12.0. The van der Waals surface area contributed by atoms with Crippen LogP contribution in [0, 0.1) is 6.92 Å². The number of carboxylic acid groups (broad SMARTS) is 1. The number of carbonyl (C=O) groups excluding carboxylic acids is 1. The first-order valence-electron chi connectivity index (χ1n) is 4.98. The predicted molar refractivity (Wildman–Crippen MR) is 54.8 cm³/mol. The highest BCUT2D eigenvalue weighted by atomic mass is 16.5. The van der Waals surface area contributed by atoms with Crippen molar-refractivity contribution >= 4 is 11.9 Å². The molecule has 6 nitrogen and oxygen atoms in total. The van der Waals surface area contributed by atoms with E-state index in [-0.39, 0.29) is 18.9 Å². The molecule has 0 aliphatic rings. The molecule has 0 fully saturated rings. The van der Waals surface area contributed by atoms with Crippen LogP contribution in [-0.4, -0.2) is 28.7 Å². The Bertz CT molecular complexity index is 373. The smallest absolute Gasteiger partial charge is 0.305 e. The summed E-state index contributed by atoms with van der Waals surface area (Å²) in [5, 5.41) is 14.6. The number of amides is 1. The molecule has 0 saturated heterocycles. The van der Waals surface area contributed by atoms with E-state index in [1.165, 1.54) is 6.26 Å². The molecule has 2 N–H and O–H groups in total. The highest BCUT2D eigenvalue weighted by Gasteiger charge is 2.07. The molecule has 0 unspecified atom stereocenters. The summed E-state index contributed by atoms with van der Waals surface area (Å²) in [6, 6.07) is 0. The maximum absolute atomic E-state index is 11.3. The van der Waals surface area contributed by atoms with Crippen molar-refractivity contribution in [2.75, 3.05) is 6.54 Å². The molecule has 0 aromatic carbocycles. The van der Waals surface area contributed by atoms with Gasteiger partial charge in [0, 0.05) is 18.5 Å². The first-order chi connectivity index (χ1) is 7.59. The van der Waals surface area contributed by atoms with Crippen molar-refractivity contribution in [3.63, 3.8) is 0 Å². The van der Waals surface area contributed by atoms with E-state index in [0.29, 0.717) is 12.8 Å². The van der Waals surface area contributed by atoms with Crippen LogP contribution in [0.2, 0.25) is 0 Å². The third kappa shape index (κ3) is 4.12. The summed E-state index contributed by atoms with van der Waals surface area (Å²) in [5.74, 6) is -1.09. The van der Waals surface area contributed by atoms with E-state index >= 15 is 0 Å². The van der Waals surface area contributed by atoms with Crippen LogP contribution in [0.25, 0.3) is 0 Å². The summed E-state index contributed by atoms with van der Waals surface area (Å²) in [6.45, 7) is 1.97. The number of carboxylic acids is 1. The van der Waals surface area contributed by atoms with Gasteiger partial charge in [0.1, 0.15) is 6.26 Å². The van der Waals surface area contributed by atoms with Crippen LogP contribution in [-0.2, 0) is 16.0 Å².